The van der Waals surface area contributed by atoms with Crippen molar-refractivity contribution < 1.29 is 28.9 Å². The van der Waals surface area contributed by atoms with Gasteiger partial charge in [-0.15, -0.1) is 0 Å². The molecule has 0 saturated carbocycles. The van der Waals surface area contributed by atoms with Gasteiger partial charge in [0.1, 0.15) is 11.5 Å². The van der Waals surface area contributed by atoms with Crippen LogP contribution in [-0.2, 0) is 16.0 Å². The summed E-state index contributed by atoms with van der Waals surface area (Å²) in [6, 6.07) is 11.4. The molecule has 0 aromatic heterocycles. The lowest BCUT2D eigenvalue weighted by Crippen LogP contribution is -2.41. The number of amides is 2. The van der Waals surface area contributed by atoms with Crippen LogP contribution in [0.25, 0.3) is 0 Å². The molecule has 0 bridgehead atoms. The highest BCUT2D eigenvalue weighted by molar-refractivity contribution is 5.81. The average molecular weight is 402 g/mol. The van der Waals surface area contributed by atoms with Gasteiger partial charge in [0.05, 0.1) is 20.6 Å². The first kappa shape index (κ1) is 21.9. The molecule has 0 aliphatic rings. The molecule has 1 unspecified atom stereocenters. The Morgan fingerprint density at radius 2 is 1.62 bits per heavy atom. The van der Waals surface area contributed by atoms with Gasteiger partial charge in [-0.3, -0.25) is 9.59 Å². The minimum absolute atomic E-state index is 0.123. The van der Waals surface area contributed by atoms with Crippen molar-refractivity contribution in [2.45, 2.75) is 19.4 Å². The molecule has 1 atom stereocenters. The van der Waals surface area contributed by atoms with Gasteiger partial charge >= 0.3 is 0 Å². The maximum absolute atomic E-state index is 12.1. The standard InChI is InChI=1S/C21H26N2O6/c1-14(29-17-7-5-16(24)6-8-17)21(26)23-11-10-22-20(25)13-15-4-9-18(27-2)19(12-15)28-3/h4-9,12,14,24H,10-11,13H2,1-3H3,(H,22,25)(H,23,26). The van der Waals surface area contributed by atoms with Crippen LogP contribution >= 0.6 is 0 Å². The number of carbonyl (C=O) groups is 2. The number of carbonyl (C=O) groups excluding carboxylic acids is 2. The van der Waals surface area contributed by atoms with Crippen LogP contribution in [0.3, 0.4) is 0 Å². The molecule has 0 radical (unpaired) electrons. The zero-order valence-electron chi connectivity index (χ0n) is 16.7. The molecule has 0 heterocycles. The SMILES string of the molecule is COc1ccc(CC(=O)NCCNC(=O)C(C)Oc2ccc(O)cc2)cc1OC. The fraction of sp³-hybridized carbons (Fsp3) is 0.333. The van der Waals surface area contributed by atoms with Crippen molar-refractivity contribution in [3.8, 4) is 23.0 Å². The minimum atomic E-state index is -0.706. The van der Waals surface area contributed by atoms with E-state index in [0.29, 0.717) is 23.8 Å². The summed E-state index contributed by atoms with van der Waals surface area (Å²) in [7, 11) is 3.09. The first-order chi connectivity index (χ1) is 13.9. The van der Waals surface area contributed by atoms with Gasteiger partial charge in [-0.1, -0.05) is 6.07 Å². The van der Waals surface area contributed by atoms with Gasteiger partial charge in [0.2, 0.25) is 5.91 Å². The molecule has 0 spiro atoms. The highest BCUT2D eigenvalue weighted by Gasteiger charge is 2.14. The molecule has 0 fully saturated rings. The lowest BCUT2D eigenvalue weighted by atomic mass is 10.1. The number of hydrogen-bond acceptors (Lipinski definition) is 6. The van der Waals surface area contributed by atoms with Crippen LogP contribution in [0.15, 0.2) is 42.5 Å². The predicted molar refractivity (Wildman–Crippen MR) is 107 cm³/mol. The molecule has 0 aliphatic heterocycles. The van der Waals surface area contributed by atoms with Crippen molar-refractivity contribution in [3.63, 3.8) is 0 Å². The summed E-state index contributed by atoms with van der Waals surface area (Å²) in [5, 5.41) is 14.7. The number of aromatic hydroxyl groups is 1. The Balaban J connectivity index is 1.70. The van der Waals surface area contributed by atoms with Gasteiger partial charge in [0, 0.05) is 13.1 Å². The predicted octanol–water partition coefficient (Wildman–Crippen LogP) is 1.65. The van der Waals surface area contributed by atoms with Crippen molar-refractivity contribution in [1.82, 2.24) is 10.6 Å². The largest absolute Gasteiger partial charge is 0.508 e. The van der Waals surface area contributed by atoms with Gasteiger partial charge in [-0.05, 0) is 48.9 Å². The van der Waals surface area contributed by atoms with E-state index < -0.39 is 6.10 Å². The third kappa shape index (κ3) is 6.91. The molecule has 2 rings (SSSR count). The lowest BCUT2D eigenvalue weighted by molar-refractivity contribution is -0.127. The second kappa shape index (κ2) is 10.8. The third-order valence-corrected chi connectivity index (χ3v) is 4.08. The Bertz CT molecular complexity index is 822. The maximum atomic E-state index is 12.1. The highest BCUT2D eigenvalue weighted by atomic mass is 16.5. The maximum Gasteiger partial charge on any atom is 0.260 e. The second-order valence-electron chi connectivity index (χ2n) is 6.26. The Morgan fingerprint density at radius 3 is 2.28 bits per heavy atom. The van der Waals surface area contributed by atoms with Crippen molar-refractivity contribution >= 4 is 11.8 Å². The smallest absolute Gasteiger partial charge is 0.260 e. The summed E-state index contributed by atoms with van der Waals surface area (Å²) >= 11 is 0. The molecule has 29 heavy (non-hydrogen) atoms. The first-order valence-electron chi connectivity index (χ1n) is 9.14. The van der Waals surface area contributed by atoms with E-state index in [0.717, 1.165) is 5.56 Å². The van der Waals surface area contributed by atoms with E-state index in [1.807, 2.05) is 0 Å². The third-order valence-electron chi connectivity index (χ3n) is 4.08. The normalized spacial score (nSPS) is 11.3. The molecule has 156 valence electrons. The number of nitrogens with one attached hydrogen (secondary N) is 2. The zero-order valence-corrected chi connectivity index (χ0v) is 16.7. The fourth-order valence-electron chi connectivity index (χ4n) is 2.55. The van der Waals surface area contributed by atoms with Crippen LogP contribution < -0.4 is 24.8 Å². The molecule has 2 aromatic carbocycles. The van der Waals surface area contributed by atoms with Crippen LogP contribution in [-0.4, -0.2) is 50.3 Å². The van der Waals surface area contributed by atoms with E-state index in [1.54, 1.807) is 44.4 Å². The molecule has 0 aliphatic carbocycles. The number of benzene rings is 2. The van der Waals surface area contributed by atoms with Crippen LogP contribution in [0.4, 0.5) is 0 Å². The summed E-state index contributed by atoms with van der Waals surface area (Å²) < 4.78 is 15.9. The van der Waals surface area contributed by atoms with E-state index in [1.165, 1.54) is 19.2 Å². The van der Waals surface area contributed by atoms with Crippen LogP contribution in [0, 0.1) is 0 Å². The first-order valence-corrected chi connectivity index (χ1v) is 9.14. The highest BCUT2D eigenvalue weighted by Crippen LogP contribution is 2.27. The van der Waals surface area contributed by atoms with E-state index in [9.17, 15) is 14.7 Å². The van der Waals surface area contributed by atoms with E-state index in [2.05, 4.69) is 10.6 Å². The molecule has 3 N–H and O–H groups in total. The molecule has 2 aromatic rings. The van der Waals surface area contributed by atoms with Gasteiger partial charge < -0.3 is 30.0 Å². The number of hydrogen-bond donors (Lipinski definition) is 3. The lowest BCUT2D eigenvalue weighted by Gasteiger charge is -2.15. The van der Waals surface area contributed by atoms with Crippen molar-refractivity contribution in [1.29, 1.82) is 0 Å². The van der Waals surface area contributed by atoms with Crippen molar-refractivity contribution in [3.05, 3.63) is 48.0 Å². The van der Waals surface area contributed by atoms with Crippen molar-refractivity contribution in [2.24, 2.45) is 0 Å². The number of methoxy groups -OCH3 is 2. The quantitative estimate of drug-likeness (QED) is 0.522. The second-order valence-corrected chi connectivity index (χ2v) is 6.26. The van der Waals surface area contributed by atoms with Gasteiger partial charge in [-0.25, -0.2) is 0 Å². The number of phenolic OH excluding ortho intramolecular Hbond substituents is 1. The fourth-order valence-corrected chi connectivity index (χ4v) is 2.55. The van der Waals surface area contributed by atoms with Crippen LogP contribution in [0.1, 0.15) is 12.5 Å². The summed E-state index contributed by atoms with van der Waals surface area (Å²) in [5.41, 5.74) is 0.792. The number of rotatable bonds is 10. The summed E-state index contributed by atoms with van der Waals surface area (Å²) in [6.45, 7) is 2.20. The summed E-state index contributed by atoms with van der Waals surface area (Å²) in [6.07, 6.45) is -0.517. The van der Waals surface area contributed by atoms with Crippen molar-refractivity contribution in [2.75, 3.05) is 27.3 Å². The molecule has 8 nitrogen and oxygen atoms in total. The van der Waals surface area contributed by atoms with E-state index in [4.69, 9.17) is 14.2 Å². The van der Waals surface area contributed by atoms with Gasteiger partial charge in [0.25, 0.3) is 5.91 Å². The Kier molecular flexibility index (Phi) is 8.14. The topological polar surface area (TPSA) is 106 Å². The monoisotopic (exact) mass is 402 g/mol. The molecule has 0 saturated heterocycles. The van der Waals surface area contributed by atoms with Crippen LogP contribution in [0.2, 0.25) is 0 Å². The minimum Gasteiger partial charge on any atom is -0.508 e. The Hall–Kier alpha value is -3.42. The van der Waals surface area contributed by atoms with E-state index in [-0.39, 0.29) is 30.5 Å². The molecule has 8 heteroatoms. The van der Waals surface area contributed by atoms with E-state index >= 15 is 0 Å². The number of ether oxygens (including phenoxy) is 3. The molecular formula is C21H26N2O6. The zero-order chi connectivity index (χ0) is 21.2. The van der Waals surface area contributed by atoms with Crippen LogP contribution in [0.5, 0.6) is 23.0 Å². The van der Waals surface area contributed by atoms with Gasteiger partial charge in [-0.2, -0.15) is 0 Å². The Morgan fingerprint density at radius 1 is 0.966 bits per heavy atom. The average Bonchev–Trinajstić information content (AvgIpc) is 2.72. The summed E-state index contributed by atoms with van der Waals surface area (Å²) in [4.78, 5) is 24.1. The molecular weight excluding hydrogens is 376 g/mol. The molecule has 2 amide bonds. The van der Waals surface area contributed by atoms with Gasteiger partial charge in [0.15, 0.2) is 17.6 Å². The Labute approximate surface area is 169 Å². The summed E-state index contributed by atoms with van der Waals surface area (Å²) in [5.74, 6) is 1.30. The number of phenols is 1.